The minimum atomic E-state index is -0.982. The summed E-state index contributed by atoms with van der Waals surface area (Å²) in [5, 5.41) is 21.0. The molecule has 1 amide bonds. The largest absolute Gasteiger partial charge is 0.481 e. The van der Waals surface area contributed by atoms with Gasteiger partial charge in [0.1, 0.15) is 0 Å². The van der Waals surface area contributed by atoms with Crippen molar-refractivity contribution in [3.63, 3.8) is 0 Å². The van der Waals surface area contributed by atoms with Crippen molar-refractivity contribution in [3.05, 3.63) is 95.1 Å². The molecule has 3 unspecified atom stereocenters. The van der Waals surface area contributed by atoms with Crippen LogP contribution >= 0.6 is 0 Å². The first kappa shape index (κ1) is 29.9. The molecule has 8 heteroatoms. The number of benzene rings is 3. The number of aliphatic hydroxyl groups is 1. The number of carbonyl (C=O) groups is 2. The molecule has 0 spiro atoms. The van der Waals surface area contributed by atoms with Crippen LogP contribution in [0.5, 0.6) is 0 Å². The summed E-state index contributed by atoms with van der Waals surface area (Å²) in [6.45, 7) is 3.48. The third kappa shape index (κ3) is 8.26. The van der Waals surface area contributed by atoms with Gasteiger partial charge in [-0.05, 0) is 59.8 Å². The van der Waals surface area contributed by atoms with Gasteiger partial charge in [0.15, 0.2) is 6.29 Å². The number of rotatable bonds is 11. The smallest absolute Gasteiger partial charge is 0.303 e. The molecule has 8 nitrogen and oxygen atoms in total. The van der Waals surface area contributed by atoms with Crippen molar-refractivity contribution in [3.8, 4) is 11.1 Å². The number of carboxylic acids is 1. The monoisotopic (exact) mass is 572 g/mol. The first-order chi connectivity index (χ1) is 20.5. The van der Waals surface area contributed by atoms with Crippen LogP contribution in [0.25, 0.3) is 11.1 Å². The molecular formula is C34H40N2O6. The summed E-state index contributed by atoms with van der Waals surface area (Å²) in [7, 11) is 0. The number of aliphatic carboxylic acids is 1. The van der Waals surface area contributed by atoms with E-state index >= 15 is 0 Å². The van der Waals surface area contributed by atoms with Gasteiger partial charge in [-0.3, -0.25) is 9.59 Å². The van der Waals surface area contributed by atoms with Crippen LogP contribution in [0.4, 0.5) is 0 Å². The molecule has 3 atom stereocenters. The topological polar surface area (TPSA) is 108 Å². The summed E-state index contributed by atoms with van der Waals surface area (Å²) in [5.74, 6) is -1.26. The van der Waals surface area contributed by atoms with E-state index in [0.29, 0.717) is 6.54 Å². The highest BCUT2D eigenvalue weighted by atomic mass is 16.7. The standard InChI is InChI=1S/C34H40N2O6/c37-23-24-7-9-27(10-8-24)31-20-30(22-36-17-2-1-3-18-36)41-34(42-31)28-13-11-26(12-14-28)29-6-4-5-25(19-29)21-35-32(38)15-16-33(39)40/h4-14,19,30-31,34,37H,1-3,15-18,20-23H2,(H,35,38)(H,39,40). The van der Waals surface area contributed by atoms with Crippen LogP contribution in [-0.2, 0) is 32.2 Å². The lowest BCUT2D eigenvalue weighted by Gasteiger charge is -2.39. The molecule has 42 heavy (non-hydrogen) atoms. The highest BCUT2D eigenvalue weighted by Gasteiger charge is 2.33. The molecule has 0 bridgehead atoms. The quantitative estimate of drug-likeness (QED) is 0.284. The van der Waals surface area contributed by atoms with Crippen LogP contribution in [-0.4, -0.2) is 52.7 Å². The summed E-state index contributed by atoms with van der Waals surface area (Å²) in [6, 6.07) is 24.2. The summed E-state index contributed by atoms with van der Waals surface area (Å²) in [5.41, 5.74) is 5.93. The minimum Gasteiger partial charge on any atom is -0.481 e. The minimum absolute atomic E-state index is 0.0197. The van der Waals surface area contributed by atoms with Gasteiger partial charge >= 0.3 is 5.97 Å². The van der Waals surface area contributed by atoms with Crippen LogP contribution in [0.1, 0.15) is 73.2 Å². The van der Waals surface area contributed by atoms with E-state index in [9.17, 15) is 14.7 Å². The zero-order valence-corrected chi connectivity index (χ0v) is 23.9. The molecule has 0 aliphatic carbocycles. The zero-order chi connectivity index (χ0) is 29.3. The van der Waals surface area contributed by atoms with Crippen LogP contribution in [0.3, 0.4) is 0 Å². The van der Waals surface area contributed by atoms with E-state index in [-0.39, 0.29) is 37.6 Å². The number of amides is 1. The molecule has 222 valence electrons. The van der Waals surface area contributed by atoms with Gasteiger partial charge in [0, 0.05) is 31.5 Å². The predicted molar refractivity (Wildman–Crippen MR) is 159 cm³/mol. The zero-order valence-electron chi connectivity index (χ0n) is 23.9. The number of piperidine rings is 1. The Hall–Kier alpha value is -3.56. The maximum absolute atomic E-state index is 11.9. The summed E-state index contributed by atoms with van der Waals surface area (Å²) < 4.78 is 13.1. The van der Waals surface area contributed by atoms with Gasteiger partial charge in [-0.25, -0.2) is 0 Å². The second-order valence-electron chi connectivity index (χ2n) is 11.2. The van der Waals surface area contributed by atoms with Gasteiger partial charge in [0.25, 0.3) is 0 Å². The normalized spacial score (nSPS) is 21.1. The lowest BCUT2D eigenvalue weighted by molar-refractivity contribution is -0.253. The van der Waals surface area contributed by atoms with E-state index in [0.717, 1.165) is 59.4 Å². The predicted octanol–water partition coefficient (Wildman–Crippen LogP) is 5.36. The van der Waals surface area contributed by atoms with Crippen LogP contribution < -0.4 is 5.32 Å². The molecule has 2 heterocycles. The van der Waals surface area contributed by atoms with Crippen molar-refractivity contribution in [2.45, 2.75) is 70.2 Å². The van der Waals surface area contributed by atoms with Crippen molar-refractivity contribution in [1.29, 1.82) is 0 Å². The Morgan fingerprint density at radius 2 is 1.57 bits per heavy atom. The molecular weight excluding hydrogens is 532 g/mol. The van der Waals surface area contributed by atoms with Crippen LogP contribution in [0.15, 0.2) is 72.8 Å². The van der Waals surface area contributed by atoms with Gasteiger partial charge in [0.05, 0.1) is 25.2 Å². The van der Waals surface area contributed by atoms with Crippen molar-refractivity contribution in [1.82, 2.24) is 10.2 Å². The molecule has 2 aliphatic heterocycles. The molecule has 3 aromatic rings. The van der Waals surface area contributed by atoms with Crippen molar-refractivity contribution >= 4 is 11.9 Å². The summed E-state index contributed by atoms with van der Waals surface area (Å²) in [6.07, 6.45) is 3.79. The van der Waals surface area contributed by atoms with E-state index < -0.39 is 12.3 Å². The van der Waals surface area contributed by atoms with Gasteiger partial charge in [-0.2, -0.15) is 0 Å². The van der Waals surface area contributed by atoms with E-state index in [1.165, 1.54) is 19.3 Å². The summed E-state index contributed by atoms with van der Waals surface area (Å²) in [4.78, 5) is 25.1. The fraction of sp³-hybridized carbons (Fsp3) is 0.412. The third-order valence-electron chi connectivity index (χ3n) is 8.02. The van der Waals surface area contributed by atoms with Crippen molar-refractivity contribution < 1.29 is 29.3 Å². The first-order valence-electron chi connectivity index (χ1n) is 14.9. The SMILES string of the molecule is O=C(O)CCC(=O)NCc1cccc(-c2ccc(C3OC(CN4CCCCC4)CC(c4ccc(CO)cc4)O3)cc2)c1. The molecule has 2 fully saturated rings. The highest BCUT2D eigenvalue weighted by molar-refractivity contribution is 5.80. The number of likely N-dealkylation sites (tertiary alicyclic amines) is 1. The fourth-order valence-corrected chi connectivity index (χ4v) is 5.67. The van der Waals surface area contributed by atoms with Gasteiger partial charge in [-0.15, -0.1) is 0 Å². The number of carbonyl (C=O) groups excluding carboxylic acids is 1. The van der Waals surface area contributed by atoms with E-state index in [1.807, 2.05) is 48.5 Å². The lowest BCUT2D eigenvalue weighted by Crippen LogP contribution is -2.41. The molecule has 2 saturated heterocycles. The summed E-state index contributed by atoms with van der Waals surface area (Å²) >= 11 is 0. The Kier molecular flexibility index (Phi) is 10.4. The molecule has 5 rings (SSSR count). The lowest BCUT2D eigenvalue weighted by atomic mass is 9.98. The molecule has 0 aromatic heterocycles. The second kappa shape index (κ2) is 14.6. The molecule has 3 aromatic carbocycles. The molecule has 0 saturated carbocycles. The number of carboxylic acid groups (broad SMARTS) is 1. The van der Waals surface area contributed by atoms with Gasteiger partial charge in [-0.1, -0.05) is 73.2 Å². The van der Waals surface area contributed by atoms with Crippen molar-refractivity contribution in [2.75, 3.05) is 19.6 Å². The van der Waals surface area contributed by atoms with E-state index in [1.54, 1.807) is 0 Å². The maximum atomic E-state index is 11.9. The molecule has 0 radical (unpaired) electrons. The average molecular weight is 573 g/mol. The number of ether oxygens (including phenoxy) is 2. The van der Waals surface area contributed by atoms with Gasteiger partial charge < -0.3 is 29.9 Å². The molecule has 2 aliphatic rings. The number of aliphatic hydroxyl groups excluding tert-OH is 1. The van der Waals surface area contributed by atoms with E-state index in [2.05, 4.69) is 34.5 Å². The van der Waals surface area contributed by atoms with Crippen molar-refractivity contribution in [2.24, 2.45) is 0 Å². The van der Waals surface area contributed by atoms with Crippen LogP contribution in [0, 0.1) is 0 Å². The Morgan fingerprint density at radius 1 is 0.833 bits per heavy atom. The number of hydrogen-bond donors (Lipinski definition) is 3. The molecule has 3 N–H and O–H groups in total. The first-order valence-corrected chi connectivity index (χ1v) is 14.9. The number of hydrogen-bond acceptors (Lipinski definition) is 6. The Balaban J connectivity index is 1.27. The number of nitrogens with one attached hydrogen (secondary N) is 1. The Labute approximate surface area is 247 Å². The third-order valence-corrected chi connectivity index (χ3v) is 8.02. The second-order valence-corrected chi connectivity index (χ2v) is 11.2. The Morgan fingerprint density at radius 3 is 2.29 bits per heavy atom. The highest BCUT2D eigenvalue weighted by Crippen LogP contribution is 2.39. The number of nitrogens with zero attached hydrogens (tertiary/aromatic N) is 1. The average Bonchev–Trinajstić information content (AvgIpc) is 3.03. The van der Waals surface area contributed by atoms with Gasteiger partial charge in [0.2, 0.25) is 5.91 Å². The Bertz CT molecular complexity index is 1320. The van der Waals surface area contributed by atoms with E-state index in [4.69, 9.17) is 14.6 Å². The van der Waals surface area contributed by atoms with Crippen LogP contribution in [0.2, 0.25) is 0 Å². The fourth-order valence-electron chi connectivity index (χ4n) is 5.67. The maximum Gasteiger partial charge on any atom is 0.303 e.